The molecule has 2 rings (SSSR count). The molecule has 25 heavy (non-hydrogen) atoms. The largest absolute Gasteiger partial charge is 0.369 e. The van der Waals surface area contributed by atoms with Crippen LogP contribution in [0.2, 0.25) is 0 Å². The maximum atomic E-state index is 2.43. The van der Waals surface area contributed by atoms with E-state index in [4.69, 9.17) is 0 Å². The Morgan fingerprint density at radius 3 is 2.44 bits per heavy atom. The number of benzene rings is 2. The molecular formula is C23H31NS. The van der Waals surface area contributed by atoms with Crippen LogP contribution in [0.25, 0.3) is 10.8 Å². The highest BCUT2D eigenvalue weighted by atomic mass is 32.2. The Kier molecular flexibility index (Phi) is 7.64. The topological polar surface area (TPSA) is 3.24 Å². The number of anilines is 1. The van der Waals surface area contributed by atoms with E-state index >= 15 is 0 Å². The Balaban J connectivity index is 2.45. The SMILES string of the molecule is CC=C(CN(C)c1c(SCC)ccc2ccccc12)C(=CCC)CC. The van der Waals surface area contributed by atoms with Crippen molar-refractivity contribution in [2.75, 3.05) is 24.2 Å². The van der Waals surface area contributed by atoms with Gasteiger partial charge >= 0.3 is 0 Å². The molecule has 0 unspecified atom stereocenters. The number of thioether (sulfide) groups is 1. The van der Waals surface area contributed by atoms with Gasteiger partial charge in [0, 0.05) is 23.9 Å². The summed E-state index contributed by atoms with van der Waals surface area (Å²) in [4.78, 5) is 3.80. The quantitative estimate of drug-likeness (QED) is 0.368. The van der Waals surface area contributed by atoms with Crippen LogP contribution in [0.5, 0.6) is 0 Å². The number of fused-ring (bicyclic) bond motifs is 1. The highest BCUT2D eigenvalue weighted by Crippen LogP contribution is 2.37. The van der Waals surface area contributed by atoms with E-state index in [9.17, 15) is 0 Å². The van der Waals surface area contributed by atoms with E-state index in [2.05, 4.69) is 88.2 Å². The first-order valence-corrected chi connectivity index (χ1v) is 10.3. The first kappa shape index (κ1) is 19.7. The molecule has 0 amide bonds. The maximum absolute atomic E-state index is 2.43. The first-order valence-electron chi connectivity index (χ1n) is 9.36. The minimum atomic E-state index is 0.946. The van der Waals surface area contributed by atoms with Gasteiger partial charge in [-0.2, -0.15) is 0 Å². The standard InChI is InChI=1S/C23H31NS/c1-6-12-18(7-2)19(8-3)17-24(5)23-21-14-11-10-13-20(21)15-16-22(23)25-9-4/h8,10-16H,6-7,9,17H2,1-5H3. The van der Waals surface area contributed by atoms with Crippen LogP contribution >= 0.6 is 11.8 Å². The molecule has 2 aromatic rings. The highest BCUT2D eigenvalue weighted by Gasteiger charge is 2.14. The van der Waals surface area contributed by atoms with Crippen LogP contribution in [0.1, 0.15) is 40.5 Å². The zero-order valence-electron chi connectivity index (χ0n) is 16.3. The van der Waals surface area contributed by atoms with Gasteiger partial charge in [0.15, 0.2) is 0 Å². The third-order valence-corrected chi connectivity index (χ3v) is 5.47. The lowest BCUT2D eigenvalue weighted by Crippen LogP contribution is -2.22. The van der Waals surface area contributed by atoms with Crippen molar-refractivity contribution in [3.63, 3.8) is 0 Å². The second-order valence-electron chi connectivity index (χ2n) is 6.23. The number of nitrogens with zero attached hydrogens (tertiary/aromatic N) is 1. The van der Waals surface area contributed by atoms with Gasteiger partial charge in [-0.1, -0.05) is 63.3 Å². The Morgan fingerprint density at radius 1 is 1.04 bits per heavy atom. The predicted molar refractivity (Wildman–Crippen MR) is 116 cm³/mol. The van der Waals surface area contributed by atoms with Gasteiger partial charge in [-0.05, 0) is 48.1 Å². The van der Waals surface area contributed by atoms with E-state index < -0.39 is 0 Å². The molecule has 1 nitrogen and oxygen atoms in total. The zero-order chi connectivity index (χ0) is 18.2. The summed E-state index contributed by atoms with van der Waals surface area (Å²) in [6.45, 7) is 9.80. The van der Waals surface area contributed by atoms with Crippen LogP contribution in [0.4, 0.5) is 5.69 Å². The molecule has 0 radical (unpaired) electrons. The van der Waals surface area contributed by atoms with Gasteiger partial charge in [0.1, 0.15) is 0 Å². The molecule has 0 atom stereocenters. The van der Waals surface area contributed by atoms with Crippen LogP contribution in [-0.4, -0.2) is 19.3 Å². The predicted octanol–water partition coefficient (Wildman–Crippen LogP) is 7.08. The average molecular weight is 354 g/mol. The monoisotopic (exact) mass is 353 g/mol. The van der Waals surface area contributed by atoms with Crippen LogP contribution in [0.3, 0.4) is 0 Å². The van der Waals surface area contributed by atoms with Crippen molar-refractivity contribution >= 4 is 28.2 Å². The molecule has 2 heteroatoms. The van der Waals surface area contributed by atoms with Crippen molar-refractivity contribution in [1.29, 1.82) is 0 Å². The van der Waals surface area contributed by atoms with Gasteiger partial charge in [-0.3, -0.25) is 0 Å². The normalized spacial score (nSPS) is 12.7. The molecule has 0 N–H and O–H groups in total. The number of allylic oxidation sites excluding steroid dienone is 2. The molecular weight excluding hydrogens is 322 g/mol. The van der Waals surface area contributed by atoms with Gasteiger partial charge in [-0.25, -0.2) is 0 Å². The fraction of sp³-hybridized carbons (Fsp3) is 0.391. The van der Waals surface area contributed by atoms with Crippen LogP contribution in [-0.2, 0) is 0 Å². The molecule has 0 heterocycles. The lowest BCUT2D eigenvalue weighted by atomic mass is 10.0. The highest BCUT2D eigenvalue weighted by molar-refractivity contribution is 7.99. The third kappa shape index (κ3) is 4.70. The minimum Gasteiger partial charge on any atom is -0.369 e. The van der Waals surface area contributed by atoms with E-state index in [1.165, 1.54) is 32.5 Å². The Bertz CT molecular complexity index is 758. The second-order valence-corrected chi connectivity index (χ2v) is 7.53. The van der Waals surface area contributed by atoms with Gasteiger partial charge in [0.2, 0.25) is 0 Å². The lowest BCUT2D eigenvalue weighted by molar-refractivity contribution is 0.944. The Labute approximate surface area is 157 Å². The third-order valence-electron chi connectivity index (χ3n) is 4.54. The van der Waals surface area contributed by atoms with E-state index in [-0.39, 0.29) is 0 Å². The molecule has 134 valence electrons. The van der Waals surface area contributed by atoms with Crippen molar-refractivity contribution < 1.29 is 0 Å². The molecule has 0 saturated heterocycles. The van der Waals surface area contributed by atoms with E-state index in [0.717, 1.165) is 25.1 Å². The molecule has 2 aromatic carbocycles. The molecule has 0 fully saturated rings. The number of likely N-dealkylation sites (N-methyl/N-ethyl adjacent to an activating group) is 1. The maximum Gasteiger partial charge on any atom is 0.0584 e. The van der Waals surface area contributed by atoms with E-state index in [1.807, 2.05) is 11.8 Å². The van der Waals surface area contributed by atoms with Crippen LogP contribution in [0.15, 0.2) is 64.6 Å². The molecule has 0 aromatic heterocycles. The van der Waals surface area contributed by atoms with Crippen molar-refractivity contribution in [2.45, 2.75) is 45.4 Å². The van der Waals surface area contributed by atoms with E-state index in [0.29, 0.717) is 0 Å². The fourth-order valence-electron chi connectivity index (χ4n) is 3.36. The number of hydrogen-bond acceptors (Lipinski definition) is 2. The van der Waals surface area contributed by atoms with Crippen molar-refractivity contribution in [3.8, 4) is 0 Å². The summed E-state index contributed by atoms with van der Waals surface area (Å²) in [5.74, 6) is 1.09. The second kappa shape index (κ2) is 9.72. The summed E-state index contributed by atoms with van der Waals surface area (Å²) >= 11 is 1.93. The zero-order valence-corrected chi connectivity index (χ0v) is 17.1. The van der Waals surface area contributed by atoms with Gasteiger partial charge < -0.3 is 4.90 Å². The van der Waals surface area contributed by atoms with E-state index in [1.54, 1.807) is 0 Å². The minimum absolute atomic E-state index is 0.946. The summed E-state index contributed by atoms with van der Waals surface area (Å²) in [6.07, 6.45) is 6.83. The smallest absolute Gasteiger partial charge is 0.0584 e. The van der Waals surface area contributed by atoms with Gasteiger partial charge in [0.05, 0.1) is 5.69 Å². The molecule has 0 saturated carbocycles. The molecule has 0 aliphatic rings. The molecule has 0 bridgehead atoms. The summed E-state index contributed by atoms with van der Waals surface area (Å²) in [7, 11) is 2.23. The molecule has 0 spiro atoms. The first-order chi connectivity index (χ1) is 12.2. The summed E-state index contributed by atoms with van der Waals surface area (Å²) in [5.41, 5.74) is 4.27. The van der Waals surface area contributed by atoms with Crippen molar-refractivity contribution in [2.24, 2.45) is 0 Å². The lowest BCUT2D eigenvalue weighted by Gasteiger charge is -2.26. The summed E-state index contributed by atoms with van der Waals surface area (Å²) in [5, 5.41) is 2.66. The molecule has 0 aliphatic carbocycles. The van der Waals surface area contributed by atoms with Crippen molar-refractivity contribution in [1.82, 2.24) is 0 Å². The summed E-state index contributed by atoms with van der Waals surface area (Å²) < 4.78 is 0. The van der Waals surface area contributed by atoms with Gasteiger partial charge in [0.25, 0.3) is 0 Å². The Morgan fingerprint density at radius 2 is 1.80 bits per heavy atom. The van der Waals surface area contributed by atoms with Crippen LogP contribution in [0, 0.1) is 0 Å². The average Bonchev–Trinajstić information content (AvgIpc) is 2.64. The summed E-state index contributed by atoms with van der Waals surface area (Å²) in [6, 6.07) is 13.2. The fourth-order valence-corrected chi connectivity index (χ4v) is 4.24. The molecule has 0 aliphatic heterocycles. The number of rotatable bonds is 8. The van der Waals surface area contributed by atoms with Crippen molar-refractivity contribution in [3.05, 3.63) is 59.7 Å². The number of hydrogen-bond donors (Lipinski definition) is 0. The Hall–Kier alpha value is -1.67. The van der Waals surface area contributed by atoms with Crippen LogP contribution < -0.4 is 4.90 Å². The van der Waals surface area contributed by atoms with Gasteiger partial charge in [-0.15, -0.1) is 11.8 Å².